The van der Waals surface area contributed by atoms with Gasteiger partial charge in [-0.25, -0.2) is 24.2 Å². The maximum Gasteiger partial charge on any atom is 0.414 e. The summed E-state index contributed by atoms with van der Waals surface area (Å²) >= 11 is 0. The maximum absolute atomic E-state index is 12.0. The molecule has 0 spiro atoms. The lowest BCUT2D eigenvalue weighted by atomic mass is 10.2. The van der Waals surface area contributed by atoms with E-state index in [1.807, 2.05) is 0 Å². The lowest BCUT2D eigenvalue weighted by molar-refractivity contribution is -0.139. The van der Waals surface area contributed by atoms with Crippen LogP contribution in [0.3, 0.4) is 0 Å². The quantitative estimate of drug-likeness (QED) is 0.290. The third kappa shape index (κ3) is 15.5. The van der Waals surface area contributed by atoms with Crippen LogP contribution in [-0.4, -0.2) is 64.7 Å². The van der Waals surface area contributed by atoms with Gasteiger partial charge in [0.2, 0.25) is 5.96 Å². The molecule has 3 amide bonds. The van der Waals surface area contributed by atoms with E-state index in [2.05, 4.69) is 20.9 Å². The highest BCUT2D eigenvalue weighted by molar-refractivity contribution is 6.01. The number of carbonyl (C=O) groups is 4. The van der Waals surface area contributed by atoms with E-state index in [0.717, 1.165) is 0 Å². The summed E-state index contributed by atoms with van der Waals surface area (Å²) in [6.45, 7) is 14.1. The first-order chi connectivity index (χ1) is 13.8. The summed E-state index contributed by atoms with van der Waals surface area (Å²) < 4.78 is 15.2. The Morgan fingerprint density at radius 1 is 0.742 bits per heavy atom. The molecule has 0 aromatic heterocycles. The predicted octanol–water partition coefficient (Wildman–Crippen LogP) is 2.37. The first-order valence-corrected chi connectivity index (χ1v) is 9.54. The van der Waals surface area contributed by atoms with Crippen LogP contribution in [0.2, 0.25) is 0 Å². The molecule has 4 N–H and O–H groups in total. The van der Waals surface area contributed by atoms with Crippen molar-refractivity contribution < 1.29 is 38.5 Å². The Labute approximate surface area is 182 Å². The Balaban J connectivity index is 5.44. The number of nitrogens with one attached hydrogen (secondary N) is 3. The molecule has 31 heavy (non-hydrogen) atoms. The molecule has 12 nitrogen and oxygen atoms in total. The number of carbonyl (C=O) groups excluding carboxylic acids is 3. The Kier molecular flexibility index (Phi) is 9.76. The van der Waals surface area contributed by atoms with Crippen molar-refractivity contribution >= 4 is 30.2 Å². The summed E-state index contributed by atoms with van der Waals surface area (Å²) in [5.74, 6) is -1.82. The fraction of sp³-hybridized carbons (Fsp3) is 0.737. The molecule has 0 aromatic rings. The van der Waals surface area contributed by atoms with E-state index < -0.39 is 59.6 Å². The van der Waals surface area contributed by atoms with Crippen molar-refractivity contribution in [1.82, 2.24) is 16.0 Å². The van der Waals surface area contributed by atoms with Gasteiger partial charge in [-0.1, -0.05) is 0 Å². The third-order valence-electron chi connectivity index (χ3n) is 2.66. The molecule has 0 heterocycles. The van der Waals surface area contributed by atoms with Gasteiger partial charge in [0.25, 0.3) is 0 Å². The van der Waals surface area contributed by atoms with Crippen molar-refractivity contribution in [2.75, 3.05) is 6.54 Å². The highest BCUT2D eigenvalue weighted by Gasteiger charge is 2.25. The monoisotopic (exact) mass is 446 g/mol. The van der Waals surface area contributed by atoms with Gasteiger partial charge in [0.15, 0.2) is 0 Å². The van der Waals surface area contributed by atoms with E-state index in [-0.39, 0.29) is 0 Å². The minimum Gasteiger partial charge on any atom is -0.480 e. The minimum absolute atomic E-state index is 0.416. The topological polar surface area (TPSA) is 165 Å². The zero-order chi connectivity index (χ0) is 24.6. The van der Waals surface area contributed by atoms with E-state index in [0.29, 0.717) is 0 Å². The fourth-order valence-corrected chi connectivity index (χ4v) is 1.73. The van der Waals surface area contributed by atoms with Gasteiger partial charge in [0.1, 0.15) is 22.8 Å². The standard InChI is InChI=1S/C19H34N4O8/c1-17(2,3)29-14(26)21-11(12(24)25)10-20-13(22-15(27)30-18(4,5)6)23-16(28)31-19(7,8)9/h11H,10H2,1-9H3,(H,21,26)(H,24,25)(H2,20,22,23,27,28). The Morgan fingerprint density at radius 2 is 1.10 bits per heavy atom. The zero-order valence-electron chi connectivity index (χ0n) is 19.5. The van der Waals surface area contributed by atoms with Crippen LogP contribution in [0.5, 0.6) is 0 Å². The largest absolute Gasteiger partial charge is 0.480 e. The van der Waals surface area contributed by atoms with Gasteiger partial charge >= 0.3 is 24.2 Å². The molecule has 0 bridgehead atoms. The summed E-state index contributed by atoms with van der Waals surface area (Å²) in [6.07, 6.45) is -2.83. The first kappa shape index (κ1) is 27.9. The van der Waals surface area contributed by atoms with E-state index in [1.165, 1.54) is 0 Å². The molecule has 0 rings (SSSR count). The number of amides is 3. The van der Waals surface area contributed by atoms with Gasteiger partial charge in [-0.05, 0) is 62.3 Å². The van der Waals surface area contributed by atoms with Gasteiger partial charge in [-0.3, -0.25) is 10.6 Å². The van der Waals surface area contributed by atoms with Crippen LogP contribution in [0.15, 0.2) is 4.99 Å². The van der Waals surface area contributed by atoms with E-state index in [1.54, 1.807) is 62.3 Å². The van der Waals surface area contributed by atoms with E-state index >= 15 is 0 Å². The smallest absolute Gasteiger partial charge is 0.414 e. The van der Waals surface area contributed by atoms with Crippen LogP contribution in [0.1, 0.15) is 62.3 Å². The van der Waals surface area contributed by atoms with E-state index in [4.69, 9.17) is 14.2 Å². The Morgan fingerprint density at radius 3 is 1.42 bits per heavy atom. The van der Waals surface area contributed by atoms with Crippen molar-refractivity contribution in [2.24, 2.45) is 4.99 Å². The summed E-state index contributed by atoms with van der Waals surface area (Å²) in [5, 5.41) is 15.9. The van der Waals surface area contributed by atoms with Gasteiger partial charge in [-0.2, -0.15) is 0 Å². The average molecular weight is 447 g/mol. The van der Waals surface area contributed by atoms with Crippen LogP contribution < -0.4 is 16.0 Å². The van der Waals surface area contributed by atoms with Crippen molar-refractivity contribution in [3.63, 3.8) is 0 Å². The number of hydrogen-bond acceptors (Lipinski definition) is 8. The number of carboxylic acid groups (broad SMARTS) is 1. The normalized spacial score (nSPS) is 12.7. The summed E-state index contributed by atoms with van der Waals surface area (Å²) in [6, 6.07) is -1.49. The third-order valence-corrected chi connectivity index (χ3v) is 2.66. The molecule has 12 heteroatoms. The number of ether oxygens (including phenoxy) is 3. The molecular weight excluding hydrogens is 412 g/mol. The molecular formula is C19H34N4O8. The first-order valence-electron chi connectivity index (χ1n) is 9.54. The van der Waals surface area contributed by atoms with Crippen LogP contribution in [0, 0.1) is 0 Å². The zero-order valence-corrected chi connectivity index (χ0v) is 19.5. The molecule has 0 radical (unpaired) electrons. The molecule has 1 unspecified atom stereocenters. The fourth-order valence-electron chi connectivity index (χ4n) is 1.73. The Bertz CT molecular complexity index is 667. The van der Waals surface area contributed by atoms with Crippen LogP contribution in [-0.2, 0) is 19.0 Å². The molecule has 0 aliphatic carbocycles. The highest BCUT2D eigenvalue weighted by atomic mass is 16.6. The number of carboxylic acids is 1. The number of aliphatic imine (C=N–C) groups is 1. The number of nitrogens with zero attached hydrogens (tertiary/aromatic N) is 1. The second-order valence-electron chi connectivity index (χ2n) is 9.48. The molecule has 0 aliphatic heterocycles. The van der Waals surface area contributed by atoms with Gasteiger partial charge in [0, 0.05) is 0 Å². The molecule has 0 fully saturated rings. The SMILES string of the molecule is CC(C)(C)OC(=O)NC(=NCC(NC(=O)OC(C)(C)C)C(=O)O)NC(=O)OC(C)(C)C. The van der Waals surface area contributed by atoms with Crippen molar-refractivity contribution in [3.05, 3.63) is 0 Å². The number of aliphatic carboxylic acids is 1. The number of hydrogen-bond donors (Lipinski definition) is 4. The van der Waals surface area contributed by atoms with Crippen molar-refractivity contribution in [3.8, 4) is 0 Å². The molecule has 178 valence electrons. The molecule has 0 saturated carbocycles. The number of rotatable bonds is 4. The van der Waals surface area contributed by atoms with Gasteiger partial charge in [-0.15, -0.1) is 0 Å². The Hall–Kier alpha value is -3.05. The van der Waals surface area contributed by atoms with Gasteiger partial charge < -0.3 is 24.6 Å². The summed E-state index contributed by atoms with van der Waals surface area (Å²) in [7, 11) is 0. The summed E-state index contributed by atoms with van der Waals surface area (Å²) in [4.78, 5) is 51.3. The molecule has 0 aromatic carbocycles. The maximum atomic E-state index is 12.0. The summed E-state index contributed by atoms with van der Waals surface area (Å²) in [5.41, 5.74) is -2.50. The van der Waals surface area contributed by atoms with E-state index in [9.17, 15) is 24.3 Å². The van der Waals surface area contributed by atoms with Crippen LogP contribution in [0.25, 0.3) is 0 Å². The lowest BCUT2D eigenvalue weighted by Gasteiger charge is -2.23. The lowest BCUT2D eigenvalue weighted by Crippen LogP contribution is -2.49. The van der Waals surface area contributed by atoms with Crippen molar-refractivity contribution in [2.45, 2.75) is 85.2 Å². The number of guanidine groups is 1. The predicted molar refractivity (Wildman–Crippen MR) is 112 cm³/mol. The average Bonchev–Trinajstić information content (AvgIpc) is 2.44. The minimum atomic E-state index is -1.49. The second kappa shape index (κ2) is 10.8. The van der Waals surface area contributed by atoms with Gasteiger partial charge in [0.05, 0.1) is 6.54 Å². The highest BCUT2D eigenvalue weighted by Crippen LogP contribution is 2.08. The van der Waals surface area contributed by atoms with Crippen molar-refractivity contribution in [1.29, 1.82) is 0 Å². The number of alkyl carbamates (subject to hydrolysis) is 3. The van der Waals surface area contributed by atoms with Crippen LogP contribution in [0.4, 0.5) is 14.4 Å². The second-order valence-corrected chi connectivity index (χ2v) is 9.48. The molecule has 0 saturated heterocycles. The van der Waals surface area contributed by atoms with Crippen LogP contribution >= 0.6 is 0 Å². The molecule has 1 atom stereocenters. The molecule has 0 aliphatic rings.